The third kappa shape index (κ3) is 5.84. The molecule has 0 aliphatic heterocycles. The van der Waals surface area contributed by atoms with Crippen LogP contribution in [-0.4, -0.2) is 22.7 Å². The maximum absolute atomic E-state index is 12.6. The minimum absolute atomic E-state index is 0.0512. The van der Waals surface area contributed by atoms with Gasteiger partial charge in [-0.1, -0.05) is 41.6 Å². The quantitative estimate of drug-likeness (QED) is 0.237. The van der Waals surface area contributed by atoms with E-state index in [1.54, 1.807) is 48.0 Å². The average molecular weight is 513 g/mol. The van der Waals surface area contributed by atoms with Crippen molar-refractivity contribution in [2.24, 2.45) is 0 Å². The number of anilines is 1. The zero-order chi connectivity index (χ0) is 23.9. The highest BCUT2D eigenvalue weighted by molar-refractivity contribution is 7.98. The van der Waals surface area contributed by atoms with Gasteiger partial charge in [0.05, 0.1) is 27.1 Å². The molecule has 0 saturated heterocycles. The molecule has 3 aromatic heterocycles. The van der Waals surface area contributed by atoms with E-state index in [4.69, 9.17) is 16.0 Å². The van der Waals surface area contributed by atoms with Crippen LogP contribution in [0, 0.1) is 0 Å². The first-order valence-electron chi connectivity index (χ1n) is 9.88. The number of nitrogens with zero attached hydrogens (tertiary/aromatic N) is 1. The third-order valence-corrected chi connectivity index (χ3v) is 6.62. The number of rotatable bonds is 7. The monoisotopic (exact) mass is 512 g/mol. The minimum atomic E-state index is -0.611. The molecule has 3 heterocycles. The number of hydrogen-bond donors (Lipinski definition) is 3. The van der Waals surface area contributed by atoms with Crippen molar-refractivity contribution in [3.05, 3.63) is 99.2 Å². The van der Waals surface area contributed by atoms with Crippen LogP contribution in [0.25, 0.3) is 0 Å². The van der Waals surface area contributed by atoms with Crippen molar-refractivity contribution < 1.29 is 18.8 Å². The molecule has 3 N–H and O–H groups in total. The third-order valence-electron chi connectivity index (χ3n) is 4.41. The lowest BCUT2D eigenvalue weighted by Crippen LogP contribution is -2.41. The number of hydrazine groups is 1. The zero-order valence-corrected chi connectivity index (χ0v) is 19.8. The summed E-state index contributed by atoms with van der Waals surface area (Å²) in [6, 6.07) is 17.0. The van der Waals surface area contributed by atoms with E-state index in [1.165, 1.54) is 17.8 Å². The molecule has 34 heavy (non-hydrogen) atoms. The first kappa shape index (κ1) is 23.6. The molecule has 11 heteroatoms. The first-order valence-corrected chi connectivity index (χ1v) is 12.1. The van der Waals surface area contributed by atoms with Crippen LogP contribution >= 0.6 is 34.7 Å². The van der Waals surface area contributed by atoms with Crippen LogP contribution in [-0.2, 0) is 5.75 Å². The van der Waals surface area contributed by atoms with Crippen LogP contribution in [0.5, 0.6) is 0 Å². The number of halogens is 1. The topological polar surface area (TPSA) is 113 Å². The number of benzene rings is 1. The van der Waals surface area contributed by atoms with Crippen LogP contribution in [0.2, 0.25) is 5.02 Å². The Bertz CT molecular complexity index is 1320. The molecule has 3 amide bonds. The van der Waals surface area contributed by atoms with E-state index in [1.807, 2.05) is 18.2 Å². The molecular formula is C23H17ClN4O4S2. The molecule has 1 aromatic carbocycles. The SMILES string of the molecule is O=C(NNC(=O)c1sccc1NC(=O)c1ccccc1Cl)c1ccc(CSc2ccccn2)o1. The molecule has 0 fully saturated rings. The molecule has 172 valence electrons. The smallest absolute Gasteiger partial charge is 0.305 e. The Kier molecular flexibility index (Phi) is 7.63. The highest BCUT2D eigenvalue weighted by atomic mass is 35.5. The second kappa shape index (κ2) is 11.0. The molecule has 0 bridgehead atoms. The summed E-state index contributed by atoms with van der Waals surface area (Å²) in [4.78, 5) is 41.9. The Morgan fingerprint density at radius 2 is 1.74 bits per heavy atom. The Labute approximate surface area is 207 Å². The van der Waals surface area contributed by atoms with Crippen molar-refractivity contribution in [1.82, 2.24) is 15.8 Å². The number of nitrogens with one attached hydrogen (secondary N) is 3. The molecule has 0 spiro atoms. The Balaban J connectivity index is 1.32. The summed E-state index contributed by atoms with van der Waals surface area (Å²) < 4.78 is 5.55. The van der Waals surface area contributed by atoms with Gasteiger partial charge in [0.1, 0.15) is 10.6 Å². The number of hydrogen-bond acceptors (Lipinski definition) is 7. The Morgan fingerprint density at radius 3 is 2.53 bits per heavy atom. The number of pyridine rings is 1. The summed E-state index contributed by atoms with van der Waals surface area (Å²) in [6.07, 6.45) is 1.70. The van der Waals surface area contributed by atoms with Gasteiger partial charge in [0.25, 0.3) is 11.8 Å². The average Bonchev–Trinajstić information content (AvgIpc) is 3.52. The number of thioether (sulfide) groups is 1. The molecule has 8 nitrogen and oxygen atoms in total. The summed E-state index contributed by atoms with van der Waals surface area (Å²) in [5, 5.41) is 5.45. The normalized spacial score (nSPS) is 10.5. The second-order valence-corrected chi connectivity index (χ2v) is 9.05. The largest absolute Gasteiger partial charge is 0.455 e. The Hall–Kier alpha value is -3.60. The van der Waals surface area contributed by atoms with E-state index in [-0.39, 0.29) is 16.2 Å². The number of carbonyl (C=O) groups is 3. The van der Waals surface area contributed by atoms with Gasteiger partial charge >= 0.3 is 5.91 Å². The van der Waals surface area contributed by atoms with Gasteiger partial charge in [0.15, 0.2) is 5.76 Å². The van der Waals surface area contributed by atoms with E-state index in [2.05, 4.69) is 21.2 Å². The summed E-state index contributed by atoms with van der Waals surface area (Å²) in [5.74, 6) is -0.504. The lowest BCUT2D eigenvalue weighted by Gasteiger charge is -2.09. The van der Waals surface area contributed by atoms with Gasteiger partial charge in [0.2, 0.25) is 0 Å². The summed E-state index contributed by atoms with van der Waals surface area (Å²) in [6.45, 7) is 0. The summed E-state index contributed by atoms with van der Waals surface area (Å²) >= 11 is 8.64. The van der Waals surface area contributed by atoms with E-state index in [9.17, 15) is 14.4 Å². The van der Waals surface area contributed by atoms with Gasteiger partial charge in [-0.2, -0.15) is 0 Å². The Morgan fingerprint density at radius 1 is 0.941 bits per heavy atom. The van der Waals surface area contributed by atoms with Crippen LogP contribution in [0.1, 0.15) is 36.3 Å². The van der Waals surface area contributed by atoms with Gasteiger partial charge in [-0.3, -0.25) is 25.2 Å². The number of furan rings is 1. The standard InChI is InChI=1S/C23H17ClN4O4S2/c24-16-6-2-1-5-15(16)21(29)26-17-10-12-33-20(17)23(31)28-27-22(30)18-9-8-14(32-18)13-34-19-7-3-4-11-25-19/h1-12H,13H2,(H,26,29)(H,27,30)(H,28,31). The maximum atomic E-state index is 12.6. The van der Waals surface area contributed by atoms with E-state index in [0.717, 1.165) is 16.4 Å². The molecular weight excluding hydrogens is 496 g/mol. The van der Waals surface area contributed by atoms with Gasteiger partial charge in [-0.15, -0.1) is 11.3 Å². The molecule has 4 rings (SSSR count). The van der Waals surface area contributed by atoms with Crippen LogP contribution in [0.3, 0.4) is 0 Å². The van der Waals surface area contributed by atoms with Crippen molar-refractivity contribution >= 4 is 58.1 Å². The predicted octanol–water partition coefficient (Wildman–Crippen LogP) is 5.01. The van der Waals surface area contributed by atoms with Crippen molar-refractivity contribution in [3.63, 3.8) is 0 Å². The molecule has 0 unspecified atom stereocenters. The van der Waals surface area contributed by atoms with Crippen LogP contribution < -0.4 is 16.2 Å². The highest BCUT2D eigenvalue weighted by Crippen LogP contribution is 2.24. The predicted molar refractivity (Wildman–Crippen MR) is 131 cm³/mol. The van der Waals surface area contributed by atoms with E-state index >= 15 is 0 Å². The molecule has 4 aromatic rings. The fourth-order valence-corrected chi connectivity index (χ4v) is 4.53. The van der Waals surface area contributed by atoms with E-state index < -0.39 is 17.7 Å². The number of aromatic nitrogens is 1. The maximum Gasteiger partial charge on any atom is 0.305 e. The number of amides is 3. The van der Waals surface area contributed by atoms with Crippen molar-refractivity contribution in [2.75, 3.05) is 5.32 Å². The van der Waals surface area contributed by atoms with Gasteiger partial charge < -0.3 is 9.73 Å². The molecule has 0 saturated carbocycles. The van der Waals surface area contributed by atoms with E-state index in [0.29, 0.717) is 22.2 Å². The lowest BCUT2D eigenvalue weighted by molar-refractivity contribution is 0.0832. The van der Waals surface area contributed by atoms with Gasteiger partial charge in [0, 0.05) is 6.20 Å². The van der Waals surface area contributed by atoms with Crippen molar-refractivity contribution in [2.45, 2.75) is 10.8 Å². The minimum Gasteiger partial charge on any atom is -0.455 e. The molecule has 0 radical (unpaired) electrons. The van der Waals surface area contributed by atoms with Crippen LogP contribution in [0.15, 0.2) is 81.7 Å². The fraction of sp³-hybridized carbons (Fsp3) is 0.0435. The molecule has 0 aliphatic rings. The fourth-order valence-electron chi connectivity index (χ4n) is 2.81. The second-order valence-electron chi connectivity index (χ2n) is 6.73. The van der Waals surface area contributed by atoms with Crippen molar-refractivity contribution in [3.8, 4) is 0 Å². The number of carbonyl (C=O) groups excluding carboxylic acids is 3. The van der Waals surface area contributed by atoms with Crippen molar-refractivity contribution in [1.29, 1.82) is 0 Å². The van der Waals surface area contributed by atoms with Gasteiger partial charge in [-0.25, -0.2) is 4.98 Å². The first-order chi connectivity index (χ1) is 16.5. The summed E-state index contributed by atoms with van der Waals surface area (Å²) in [5.41, 5.74) is 5.23. The van der Waals surface area contributed by atoms with Gasteiger partial charge in [-0.05, 0) is 47.8 Å². The highest BCUT2D eigenvalue weighted by Gasteiger charge is 2.19. The molecule has 0 aliphatic carbocycles. The zero-order valence-electron chi connectivity index (χ0n) is 17.4. The molecule has 0 atom stereocenters. The summed E-state index contributed by atoms with van der Waals surface area (Å²) in [7, 11) is 0. The number of thiophene rings is 1. The van der Waals surface area contributed by atoms with Crippen LogP contribution in [0.4, 0.5) is 5.69 Å². The lowest BCUT2D eigenvalue weighted by atomic mass is 10.2.